The maximum Gasteiger partial charge on any atom is 0.329 e. The summed E-state index contributed by atoms with van der Waals surface area (Å²) in [5.41, 5.74) is -0.252. The molecule has 0 N–H and O–H groups in total. The fourth-order valence-corrected chi connectivity index (χ4v) is 3.26. The van der Waals surface area contributed by atoms with E-state index in [2.05, 4.69) is 16.9 Å². The summed E-state index contributed by atoms with van der Waals surface area (Å²) in [7, 11) is 0. The normalized spacial score (nSPS) is 21.3. The monoisotopic (exact) mass is 356 g/mol. The van der Waals surface area contributed by atoms with Gasteiger partial charge >= 0.3 is 11.7 Å². The van der Waals surface area contributed by atoms with Crippen LogP contribution in [0.25, 0.3) is 0 Å². The lowest BCUT2D eigenvalue weighted by molar-refractivity contribution is -0.384. The molecule has 1 saturated carbocycles. The second-order valence-corrected chi connectivity index (χ2v) is 6.27. The third kappa shape index (κ3) is 3.92. The first kappa shape index (κ1) is 18.4. The van der Waals surface area contributed by atoms with Crippen molar-refractivity contribution in [2.45, 2.75) is 58.7 Å². The Balaban J connectivity index is 2.47. The Kier molecular flexibility index (Phi) is 5.93. The molecule has 1 aliphatic carbocycles. The van der Waals surface area contributed by atoms with Crippen molar-refractivity contribution in [2.24, 2.45) is 5.92 Å². The molecule has 2 rings (SSSR count). The number of hydrogen-bond acceptors (Lipinski definition) is 7. The Morgan fingerprint density at radius 2 is 2.29 bits per heavy atom. The molecule has 0 radical (unpaired) electrons. The lowest BCUT2D eigenvalue weighted by atomic mass is 10.0. The molecule has 0 spiro atoms. The Hall–Kier alpha value is -1.96. The number of anilines is 1. The van der Waals surface area contributed by atoms with Crippen LogP contribution in [0, 0.1) is 16.0 Å². The molecule has 1 aromatic rings. The van der Waals surface area contributed by atoms with Crippen molar-refractivity contribution in [3.63, 3.8) is 0 Å². The number of rotatable bonds is 6. The second kappa shape index (κ2) is 7.74. The molecule has 1 fully saturated rings. The van der Waals surface area contributed by atoms with Gasteiger partial charge in [-0.05, 0) is 37.3 Å². The van der Waals surface area contributed by atoms with E-state index in [1.807, 2.05) is 0 Å². The third-order valence-corrected chi connectivity index (χ3v) is 4.50. The first-order valence-corrected chi connectivity index (χ1v) is 8.37. The zero-order chi connectivity index (χ0) is 17.9. The molecule has 0 saturated heterocycles. The molecule has 9 heteroatoms. The van der Waals surface area contributed by atoms with Crippen LogP contribution >= 0.6 is 11.6 Å². The highest BCUT2D eigenvalue weighted by Gasteiger charge is 2.38. The van der Waals surface area contributed by atoms with Crippen LogP contribution in [0.4, 0.5) is 11.5 Å². The number of halogens is 1. The lowest BCUT2D eigenvalue weighted by Crippen LogP contribution is -2.46. The lowest BCUT2D eigenvalue weighted by Gasteiger charge is -2.36. The molecule has 1 aliphatic rings. The smallest absolute Gasteiger partial charge is 0.329 e. The van der Waals surface area contributed by atoms with Gasteiger partial charge in [0, 0.05) is 12.5 Å². The van der Waals surface area contributed by atoms with Gasteiger partial charge in [0.2, 0.25) is 11.1 Å². The summed E-state index contributed by atoms with van der Waals surface area (Å²) in [6.07, 6.45) is 3.48. The van der Waals surface area contributed by atoms with Crippen molar-refractivity contribution < 1.29 is 14.5 Å². The molecule has 3 atom stereocenters. The maximum atomic E-state index is 11.7. The summed E-state index contributed by atoms with van der Waals surface area (Å²) in [6, 6.07) is -0.0191. The minimum atomic E-state index is -0.687. The van der Waals surface area contributed by atoms with Crippen LogP contribution in [0.2, 0.25) is 5.28 Å². The van der Waals surface area contributed by atoms with Gasteiger partial charge in [-0.3, -0.25) is 14.9 Å². The van der Waals surface area contributed by atoms with Crippen molar-refractivity contribution in [3.05, 3.63) is 21.6 Å². The zero-order valence-corrected chi connectivity index (χ0v) is 14.7. The Bertz CT molecular complexity index is 627. The van der Waals surface area contributed by atoms with Crippen molar-refractivity contribution in [1.29, 1.82) is 0 Å². The number of nitro groups is 1. The van der Waals surface area contributed by atoms with Gasteiger partial charge in [-0.2, -0.15) is 4.98 Å². The SMILES string of the molecule is CCC(=O)OC(C)N(c1nc(Cl)ncc1[N+](=O)[O-])C1CCCC1C. The fourth-order valence-electron chi connectivity index (χ4n) is 3.13. The highest BCUT2D eigenvalue weighted by atomic mass is 35.5. The minimum absolute atomic E-state index is 0.0191. The fraction of sp³-hybridized carbons (Fsp3) is 0.667. The molecule has 0 bridgehead atoms. The molecular formula is C15H21ClN4O4. The van der Waals surface area contributed by atoms with Gasteiger partial charge in [-0.1, -0.05) is 20.3 Å². The zero-order valence-electron chi connectivity index (χ0n) is 13.9. The second-order valence-electron chi connectivity index (χ2n) is 5.93. The first-order chi connectivity index (χ1) is 11.3. The van der Waals surface area contributed by atoms with E-state index in [0.717, 1.165) is 25.5 Å². The molecule has 132 valence electrons. The largest absolute Gasteiger partial charge is 0.442 e. The Morgan fingerprint density at radius 3 is 2.83 bits per heavy atom. The van der Waals surface area contributed by atoms with Crippen molar-refractivity contribution in [3.8, 4) is 0 Å². The van der Waals surface area contributed by atoms with Gasteiger partial charge in [0.05, 0.1) is 4.92 Å². The molecular weight excluding hydrogens is 336 g/mol. The predicted molar refractivity (Wildman–Crippen MR) is 88.8 cm³/mol. The molecule has 1 aromatic heterocycles. The summed E-state index contributed by atoms with van der Waals surface area (Å²) in [6.45, 7) is 5.47. The van der Waals surface area contributed by atoms with E-state index in [0.29, 0.717) is 5.92 Å². The summed E-state index contributed by atoms with van der Waals surface area (Å²) >= 11 is 5.87. The molecule has 24 heavy (non-hydrogen) atoms. The number of aromatic nitrogens is 2. The van der Waals surface area contributed by atoms with Crippen LogP contribution in [0.1, 0.15) is 46.5 Å². The van der Waals surface area contributed by atoms with Crippen LogP contribution in [-0.4, -0.2) is 33.1 Å². The van der Waals surface area contributed by atoms with E-state index in [1.165, 1.54) is 0 Å². The summed E-state index contributed by atoms with van der Waals surface area (Å²) < 4.78 is 5.41. The van der Waals surface area contributed by atoms with Gasteiger partial charge in [-0.15, -0.1) is 0 Å². The Labute approximate surface area is 145 Å². The summed E-state index contributed by atoms with van der Waals surface area (Å²) in [4.78, 5) is 32.0. The van der Waals surface area contributed by atoms with Crippen LogP contribution < -0.4 is 4.90 Å². The number of esters is 1. The molecule has 0 aliphatic heterocycles. The number of hydrogen-bond donors (Lipinski definition) is 0. The number of nitrogens with zero attached hydrogens (tertiary/aromatic N) is 4. The third-order valence-electron chi connectivity index (χ3n) is 4.32. The van der Waals surface area contributed by atoms with Crippen molar-refractivity contribution >= 4 is 29.1 Å². The van der Waals surface area contributed by atoms with Crippen LogP contribution in [0.5, 0.6) is 0 Å². The van der Waals surface area contributed by atoms with E-state index in [1.54, 1.807) is 18.7 Å². The topological polar surface area (TPSA) is 98.5 Å². The molecule has 8 nitrogen and oxygen atoms in total. The highest BCUT2D eigenvalue weighted by Crippen LogP contribution is 2.37. The van der Waals surface area contributed by atoms with Crippen LogP contribution in [0.15, 0.2) is 6.20 Å². The predicted octanol–water partition coefficient (Wildman–Crippen LogP) is 3.33. The van der Waals surface area contributed by atoms with Crippen LogP contribution in [0.3, 0.4) is 0 Å². The molecule has 3 unspecified atom stereocenters. The summed E-state index contributed by atoms with van der Waals surface area (Å²) in [5, 5.41) is 11.3. The van der Waals surface area contributed by atoms with Crippen LogP contribution in [-0.2, 0) is 9.53 Å². The van der Waals surface area contributed by atoms with E-state index < -0.39 is 11.2 Å². The standard InChI is InChI=1S/C15H21ClN4O4/c1-4-13(21)24-10(3)19(11-7-5-6-9(11)2)14-12(20(22)23)8-17-15(16)18-14/h8-11H,4-7H2,1-3H3. The van der Waals surface area contributed by atoms with Gasteiger partial charge in [0.1, 0.15) is 6.20 Å². The van der Waals surface area contributed by atoms with E-state index in [4.69, 9.17) is 16.3 Å². The minimum Gasteiger partial charge on any atom is -0.442 e. The van der Waals surface area contributed by atoms with Crippen molar-refractivity contribution in [1.82, 2.24) is 9.97 Å². The molecule has 1 heterocycles. The summed E-state index contributed by atoms with van der Waals surface area (Å²) in [5.74, 6) is 0.0113. The van der Waals surface area contributed by atoms with Gasteiger partial charge in [0.25, 0.3) is 0 Å². The maximum absolute atomic E-state index is 11.7. The van der Waals surface area contributed by atoms with E-state index in [9.17, 15) is 14.9 Å². The number of carbonyl (C=O) groups excluding carboxylic acids is 1. The molecule has 0 aromatic carbocycles. The Morgan fingerprint density at radius 1 is 1.58 bits per heavy atom. The van der Waals surface area contributed by atoms with Crippen molar-refractivity contribution in [2.75, 3.05) is 4.90 Å². The van der Waals surface area contributed by atoms with Gasteiger partial charge in [0.15, 0.2) is 6.23 Å². The molecule has 0 amide bonds. The number of ether oxygens (including phenoxy) is 1. The van der Waals surface area contributed by atoms with E-state index >= 15 is 0 Å². The van der Waals surface area contributed by atoms with Gasteiger partial charge in [-0.25, -0.2) is 4.98 Å². The first-order valence-electron chi connectivity index (χ1n) is 7.99. The number of carbonyl (C=O) groups is 1. The van der Waals surface area contributed by atoms with E-state index in [-0.39, 0.29) is 35.2 Å². The highest BCUT2D eigenvalue weighted by molar-refractivity contribution is 6.28. The average Bonchev–Trinajstić information content (AvgIpc) is 2.93. The average molecular weight is 357 g/mol. The van der Waals surface area contributed by atoms with Gasteiger partial charge < -0.3 is 9.64 Å². The quantitative estimate of drug-likeness (QED) is 0.253.